The van der Waals surface area contributed by atoms with Gasteiger partial charge in [0, 0.05) is 18.0 Å². The zero-order valence-corrected chi connectivity index (χ0v) is 14.3. The molecule has 132 valence electrons. The van der Waals surface area contributed by atoms with Gasteiger partial charge in [-0.1, -0.05) is 30.3 Å². The molecule has 3 aromatic rings. The second-order valence-corrected chi connectivity index (χ2v) is 6.74. The maximum absolute atomic E-state index is 12.8. The predicted octanol–water partition coefficient (Wildman–Crippen LogP) is 3.11. The van der Waals surface area contributed by atoms with Crippen LogP contribution in [0.25, 0.3) is 5.69 Å². The summed E-state index contributed by atoms with van der Waals surface area (Å²) in [5.74, 6) is 0.159. The van der Waals surface area contributed by atoms with Crippen molar-refractivity contribution in [2.24, 2.45) is 5.92 Å². The number of carbonyl (C=O) groups is 1. The van der Waals surface area contributed by atoms with Gasteiger partial charge in [0.1, 0.15) is 0 Å². The van der Waals surface area contributed by atoms with E-state index in [0.717, 1.165) is 24.1 Å². The molecule has 1 atom stereocenters. The first-order chi connectivity index (χ1) is 12.7. The second-order valence-electron chi connectivity index (χ2n) is 6.74. The molecule has 2 aromatic carbocycles. The molecule has 0 aliphatic heterocycles. The Balaban J connectivity index is 1.51. The monoisotopic (exact) mass is 347 g/mol. The van der Waals surface area contributed by atoms with Gasteiger partial charge >= 0.3 is 0 Å². The number of nitrogens with zero attached hydrogens (tertiary/aromatic N) is 2. The summed E-state index contributed by atoms with van der Waals surface area (Å²) in [7, 11) is 0. The van der Waals surface area contributed by atoms with E-state index >= 15 is 0 Å². The lowest BCUT2D eigenvalue weighted by Gasteiger charge is -2.38. The summed E-state index contributed by atoms with van der Waals surface area (Å²) < 4.78 is 1.75. The van der Waals surface area contributed by atoms with Crippen LogP contribution >= 0.6 is 0 Å². The third-order valence-corrected chi connectivity index (χ3v) is 4.96. The average molecular weight is 347 g/mol. The zero-order valence-electron chi connectivity index (χ0n) is 14.3. The molecule has 1 aromatic heterocycles. The SMILES string of the molecule is O=C(N[C@@H](c1ccccc1)C1CC(O)C1)c1ccc(-n2cccn2)cc1. The highest BCUT2D eigenvalue weighted by atomic mass is 16.3. The lowest BCUT2D eigenvalue weighted by molar-refractivity contribution is 0.0235. The maximum atomic E-state index is 12.8. The molecule has 26 heavy (non-hydrogen) atoms. The summed E-state index contributed by atoms with van der Waals surface area (Å²) in [5.41, 5.74) is 2.60. The summed E-state index contributed by atoms with van der Waals surface area (Å²) in [4.78, 5) is 12.8. The molecule has 2 N–H and O–H groups in total. The molecule has 1 saturated carbocycles. The molecule has 0 radical (unpaired) electrons. The lowest BCUT2D eigenvalue weighted by atomic mass is 9.75. The van der Waals surface area contributed by atoms with Gasteiger partial charge in [-0.3, -0.25) is 4.79 Å². The topological polar surface area (TPSA) is 67.2 Å². The number of hydrogen-bond acceptors (Lipinski definition) is 3. The molecule has 1 amide bonds. The Morgan fingerprint density at radius 3 is 2.42 bits per heavy atom. The Bertz CT molecular complexity index is 854. The highest BCUT2D eigenvalue weighted by Gasteiger charge is 2.35. The summed E-state index contributed by atoms with van der Waals surface area (Å²) >= 11 is 0. The van der Waals surface area contributed by atoms with Crippen LogP contribution in [0.1, 0.15) is 34.8 Å². The minimum absolute atomic E-state index is 0.0853. The number of benzene rings is 2. The Morgan fingerprint density at radius 2 is 1.81 bits per heavy atom. The highest BCUT2D eigenvalue weighted by molar-refractivity contribution is 5.94. The number of aliphatic hydroxyl groups excluding tert-OH is 1. The summed E-state index contributed by atoms with van der Waals surface area (Å²) in [6.45, 7) is 0. The van der Waals surface area contributed by atoms with Crippen LogP contribution < -0.4 is 5.32 Å². The van der Waals surface area contributed by atoms with Crippen molar-refractivity contribution in [2.45, 2.75) is 25.0 Å². The molecule has 0 saturated heterocycles. The highest BCUT2D eigenvalue weighted by Crippen LogP contribution is 2.38. The van der Waals surface area contributed by atoms with Gasteiger partial charge in [0.05, 0.1) is 17.8 Å². The third-order valence-electron chi connectivity index (χ3n) is 4.96. The van der Waals surface area contributed by atoms with E-state index in [2.05, 4.69) is 10.4 Å². The normalized spacial score (nSPS) is 20.2. The van der Waals surface area contributed by atoms with Gasteiger partial charge in [-0.2, -0.15) is 5.10 Å². The minimum atomic E-state index is -0.253. The van der Waals surface area contributed by atoms with Crippen molar-refractivity contribution in [2.75, 3.05) is 0 Å². The van der Waals surface area contributed by atoms with Crippen molar-refractivity contribution in [1.82, 2.24) is 15.1 Å². The molecular formula is C21H21N3O2. The molecule has 0 unspecified atom stereocenters. The lowest BCUT2D eigenvalue weighted by Crippen LogP contribution is -2.41. The first-order valence-corrected chi connectivity index (χ1v) is 8.84. The largest absolute Gasteiger partial charge is 0.393 e. The van der Waals surface area contributed by atoms with Crippen LogP contribution in [0.5, 0.6) is 0 Å². The van der Waals surface area contributed by atoms with Crippen molar-refractivity contribution in [3.05, 3.63) is 84.2 Å². The zero-order chi connectivity index (χ0) is 17.9. The van der Waals surface area contributed by atoms with E-state index in [9.17, 15) is 9.90 Å². The summed E-state index contributed by atoms with van der Waals surface area (Å²) in [6.07, 6.45) is 4.77. The molecule has 0 spiro atoms. The quantitative estimate of drug-likeness (QED) is 0.745. The van der Waals surface area contributed by atoms with E-state index in [-0.39, 0.29) is 24.0 Å². The smallest absolute Gasteiger partial charge is 0.251 e. The van der Waals surface area contributed by atoms with Gasteiger partial charge in [-0.05, 0) is 54.7 Å². The van der Waals surface area contributed by atoms with Gasteiger partial charge in [0.2, 0.25) is 0 Å². The van der Waals surface area contributed by atoms with E-state index in [0.29, 0.717) is 5.56 Å². The summed E-state index contributed by atoms with van der Waals surface area (Å²) in [5, 5.41) is 17.0. The van der Waals surface area contributed by atoms with Crippen LogP contribution in [0.15, 0.2) is 73.1 Å². The van der Waals surface area contributed by atoms with E-state index in [1.165, 1.54) is 0 Å². The Morgan fingerprint density at radius 1 is 1.08 bits per heavy atom. The number of rotatable bonds is 5. The number of aromatic nitrogens is 2. The number of aliphatic hydroxyl groups is 1. The first kappa shape index (κ1) is 16.5. The van der Waals surface area contributed by atoms with Crippen LogP contribution in [0.4, 0.5) is 0 Å². The fourth-order valence-electron chi connectivity index (χ4n) is 3.45. The fourth-order valence-corrected chi connectivity index (χ4v) is 3.45. The van der Waals surface area contributed by atoms with Crippen LogP contribution in [-0.2, 0) is 0 Å². The van der Waals surface area contributed by atoms with E-state index in [4.69, 9.17) is 0 Å². The van der Waals surface area contributed by atoms with Crippen LogP contribution in [-0.4, -0.2) is 26.9 Å². The van der Waals surface area contributed by atoms with Crippen molar-refractivity contribution in [1.29, 1.82) is 0 Å². The standard InChI is InChI=1S/C21H21N3O2/c25-19-13-17(14-19)20(15-5-2-1-3-6-15)23-21(26)16-7-9-18(10-8-16)24-12-4-11-22-24/h1-12,17,19-20,25H,13-14H2,(H,23,26)/t17?,19?,20-/m0/s1. The Hall–Kier alpha value is -2.92. The molecule has 1 aliphatic rings. The fraction of sp³-hybridized carbons (Fsp3) is 0.238. The van der Waals surface area contributed by atoms with Gasteiger partial charge < -0.3 is 10.4 Å². The average Bonchev–Trinajstić information content (AvgIpc) is 3.19. The van der Waals surface area contributed by atoms with Crippen LogP contribution in [0.3, 0.4) is 0 Å². The number of amides is 1. The molecule has 1 heterocycles. The molecule has 0 bridgehead atoms. The van der Waals surface area contributed by atoms with Crippen molar-refractivity contribution < 1.29 is 9.90 Å². The Kier molecular flexibility index (Phi) is 4.54. The molecular weight excluding hydrogens is 326 g/mol. The van der Waals surface area contributed by atoms with E-state index < -0.39 is 0 Å². The predicted molar refractivity (Wildman–Crippen MR) is 98.9 cm³/mol. The molecule has 5 heteroatoms. The minimum Gasteiger partial charge on any atom is -0.393 e. The van der Waals surface area contributed by atoms with Crippen molar-refractivity contribution in [3.8, 4) is 5.69 Å². The van der Waals surface area contributed by atoms with Crippen LogP contribution in [0, 0.1) is 5.92 Å². The molecule has 5 nitrogen and oxygen atoms in total. The van der Waals surface area contributed by atoms with Crippen LogP contribution in [0.2, 0.25) is 0 Å². The van der Waals surface area contributed by atoms with Gasteiger partial charge in [-0.25, -0.2) is 4.68 Å². The van der Waals surface area contributed by atoms with Gasteiger partial charge in [-0.15, -0.1) is 0 Å². The molecule has 1 fully saturated rings. The van der Waals surface area contributed by atoms with Crippen molar-refractivity contribution in [3.63, 3.8) is 0 Å². The number of nitrogens with one attached hydrogen (secondary N) is 1. The third kappa shape index (κ3) is 3.39. The van der Waals surface area contributed by atoms with Gasteiger partial charge in [0.15, 0.2) is 0 Å². The molecule has 1 aliphatic carbocycles. The molecule has 4 rings (SSSR count). The van der Waals surface area contributed by atoms with E-state index in [1.807, 2.05) is 66.9 Å². The second kappa shape index (κ2) is 7.14. The number of hydrogen-bond donors (Lipinski definition) is 2. The van der Waals surface area contributed by atoms with E-state index in [1.54, 1.807) is 10.9 Å². The van der Waals surface area contributed by atoms with Crippen molar-refractivity contribution >= 4 is 5.91 Å². The number of carbonyl (C=O) groups excluding carboxylic acids is 1. The Labute approximate surface area is 152 Å². The van der Waals surface area contributed by atoms with Gasteiger partial charge in [0.25, 0.3) is 5.91 Å². The first-order valence-electron chi connectivity index (χ1n) is 8.84. The summed E-state index contributed by atoms with van der Waals surface area (Å²) in [6, 6.07) is 19.1. The maximum Gasteiger partial charge on any atom is 0.251 e.